The largest absolute Gasteiger partial charge is 0.481 e. The zero-order valence-electron chi connectivity index (χ0n) is 7.70. The zero-order valence-corrected chi connectivity index (χ0v) is 7.70. The van der Waals surface area contributed by atoms with Crippen LogP contribution in [-0.4, -0.2) is 22.2 Å². The summed E-state index contributed by atoms with van der Waals surface area (Å²) in [5.74, 6) is -1.02. The SMILES string of the molecule is CC(=O)O.CC(C)CCC(=O)O. The quantitative estimate of drug-likeness (QED) is 0.684. The lowest BCUT2D eigenvalue weighted by molar-refractivity contribution is -0.137. The summed E-state index contributed by atoms with van der Waals surface area (Å²) >= 11 is 0. The van der Waals surface area contributed by atoms with Crippen LogP contribution in [0.4, 0.5) is 0 Å². The Balaban J connectivity index is 0. The van der Waals surface area contributed by atoms with Gasteiger partial charge >= 0.3 is 5.97 Å². The molecule has 0 aromatic carbocycles. The van der Waals surface area contributed by atoms with Crippen LogP contribution in [0.2, 0.25) is 0 Å². The molecule has 2 N–H and O–H groups in total. The van der Waals surface area contributed by atoms with Crippen LogP contribution >= 0.6 is 0 Å². The molecule has 4 nitrogen and oxygen atoms in total. The van der Waals surface area contributed by atoms with Crippen molar-refractivity contribution in [1.82, 2.24) is 0 Å². The third-order valence-corrected chi connectivity index (χ3v) is 0.936. The topological polar surface area (TPSA) is 74.6 Å². The molecule has 0 saturated carbocycles. The van der Waals surface area contributed by atoms with Crippen molar-refractivity contribution in [2.45, 2.75) is 33.6 Å². The first-order valence-electron chi connectivity index (χ1n) is 3.77. The monoisotopic (exact) mass is 176 g/mol. The minimum absolute atomic E-state index is 0.303. The number of hydrogen-bond acceptors (Lipinski definition) is 2. The van der Waals surface area contributed by atoms with E-state index in [0.717, 1.165) is 13.3 Å². The number of carboxylic acids is 2. The fraction of sp³-hybridized carbons (Fsp3) is 0.750. The first kappa shape index (κ1) is 13.5. The molecule has 72 valence electrons. The van der Waals surface area contributed by atoms with Crippen molar-refractivity contribution < 1.29 is 19.8 Å². The Bertz CT molecular complexity index is 136. The average molecular weight is 176 g/mol. The summed E-state index contributed by atoms with van der Waals surface area (Å²) in [5.41, 5.74) is 0. The van der Waals surface area contributed by atoms with Gasteiger partial charge in [-0.2, -0.15) is 0 Å². The summed E-state index contributed by atoms with van der Waals surface area (Å²) in [5, 5.41) is 15.6. The minimum Gasteiger partial charge on any atom is -0.481 e. The van der Waals surface area contributed by atoms with Crippen LogP contribution in [0.5, 0.6) is 0 Å². The molecule has 0 rings (SSSR count). The van der Waals surface area contributed by atoms with Crippen molar-refractivity contribution in [3.63, 3.8) is 0 Å². The molecule has 0 aromatic heterocycles. The predicted molar refractivity (Wildman–Crippen MR) is 45.0 cm³/mol. The maximum atomic E-state index is 9.90. The number of hydrogen-bond donors (Lipinski definition) is 2. The fourth-order valence-corrected chi connectivity index (χ4v) is 0.412. The molecule has 0 bridgehead atoms. The highest BCUT2D eigenvalue weighted by atomic mass is 16.4. The van der Waals surface area contributed by atoms with E-state index in [-0.39, 0.29) is 0 Å². The van der Waals surface area contributed by atoms with Crippen LogP contribution in [0, 0.1) is 5.92 Å². The van der Waals surface area contributed by atoms with E-state index in [2.05, 4.69) is 0 Å². The highest BCUT2D eigenvalue weighted by molar-refractivity contribution is 5.66. The maximum Gasteiger partial charge on any atom is 0.303 e. The van der Waals surface area contributed by atoms with Crippen molar-refractivity contribution in [3.8, 4) is 0 Å². The molecule has 0 radical (unpaired) electrons. The Morgan fingerprint density at radius 3 is 1.67 bits per heavy atom. The number of aliphatic carboxylic acids is 2. The van der Waals surface area contributed by atoms with Crippen molar-refractivity contribution in [2.24, 2.45) is 5.92 Å². The Kier molecular flexibility index (Phi) is 9.06. The summed E-state index contributed by atoms with van der Waals surface area (Å²) in [4.78, 5) is 18.9. The summed E-state index contributed by atoms with van der Waals surface area (Å²) in [7, 11) is 0. The summed E-state index contributed by atoms with van der Waals surface area (Å²) in [6.07, 6.45) is 1.09. The van der Waals surface area contributed by atoms with Gasteiger partial charge in [-0.05, 0) is 12.3 Å². The van der Waals surface area contributed by atoms with E-state index in [4.69, 9.17) is 15.0 Å². The smallest absolute Gasteiger partial charge is 0.303 e. The van der Waals surface area contributed by atoms with Crippen molar-refractivity contribution in [1.29, 1.82) is 0 Å². The van der Waals surface area contributed by atoms with E-state index in [1.165, 1.54) is 0 Å². The van der Waals surface area contributed by atoms with Gasteiger partial charge in [0, 0.05) is 13.3 Å². The lowest BCUT2D eigenvalue weighted by atomic mass is 10.1. The molecule has 0 aliphatic carbocycles. The summed E-state index contributed by atoms with van der Waals surface area (Å²) in [6.45, 7) is 5.12. The van der Waals surface area contributed by atoms with Gasteiger partial charge in [0.05, 0.1) is 0 Å². The molecule has 0 spiro atoms. The molecular formula is C8H16O4. The van der Waals surface area contributed by atoms with Crippen LogP contribution in [0.15, 0.2) is 0 Å². The third kappa shape index (κ3) is 36.3. The van der Waals surface area contributed by atoms with Gasteiger partial charge in [-0.1, -0.05) is 13.8 Å². The van der Waals surface area contributed by atoms with Crippen LogP contribution < -0.4 is 0 Å². The van der Waals surface area contributed by atoms with E-state index < -0.39 is 11.9 Å². The molecule has 0 heterocycles. The molecule has 4 heteroatoms. The van der Waals surface area contributed by atoms with Crippen molar-refractivity contribution in [2.75, 3.05) is 0 Å². The highest BCUT2D eigenvalue weighted by Gasteiger charge is 1.97. The molecule has 0 saturated heterocycles. The molecule has 12 heavy (non-hydrogen) atoms. The summed E-state index contributed by atoms with van der Waals surface area (Å²) < 4.78 is 0. The molecule has 0 amide bonds. The predicted octanol–water partition coefficient (Wildman–Crippen LogP) is 1.60. The molecule has 0 unspecified atom stereocenters. The van der Waals surface area contributed by atoms with E-state index in [1.54, 1.807) is 0 Å². The molecule has 0 aliphatic rings. The lowest BCUT2D eigenvalue weighted by Gasteiger charge is -1.97. The van der Waals surface area contributed by atoms with Gasteiger partial charge in [-0.3, -0.25) is 9.59 Å². The molecular weight excluding hydrogens is 160 g/mol. The van der Waals surface area contributed by atoms with Gasteiger partial charge in [0.15, 0.2) is 0 Å². The third-order valence-electron chi connectivity index (χ3n) is 0.936. The average Bonchev–Trinajstić information content (AvgIpc) is 1.82. The van der Waals surface area contributed by atoms with Gasteiger partial charge in [0.1, 0.15) is 0 Å². The standard InChI is InChI=1S/C6H12O2.C2H4O2/c1-5(2)3-4-6(7)8;1-2(3)4/h5H,3-4H2,1-2H3,(H,7,8);1H3,(H,3,4). The molecule has 0 aromatic rings. The molecule has 0 atom stereocenters. The molecule has 0 aliphatic heterocycles. The van der Waals surface area contributed by atoms with Gasteiger partial charge < -0.3 is 10.2 Å². The number of carbonyl (C=O) groups is 2. The van der Waals surface area contributed by atoms with Gasteiger partial charge in [0.2, 0.25) is 0 Å². The number of carboxylic acid groups (broad SMARTS) is 2. The maximum absolute atomic E-state index is 9.90. The van der Waals surface area contributed by atoms with E-state index in [1.807, 2.05) is 13.8 Å². The number of rotatable bonds is 3. The second-order valence-electron chi connectivity index (χ2n) is 2.85. The normalized spacial score (nSPS) is 8.67. The van der Waals surface area contributed by atoms with Crippen LogP contribution in [0.25, 0.3) is 0 Å². The van der Waals surface area contributed by atoms with Crippen LogP contribution in [-0.2, 0) is 9.59 Å². The van der Waals surface area contributed by atoms with Gasteiger partial charge in [-0.15, -0.1) is 0 Å². The first-order chi connectivity index (χ1) is 5.36. The Hall–Kier alpha value is -1.06. The van der Waals surface area contributed by atoms with E-state index >= 15 is 0 Å². The summed E-state index contributed by atoms with van der Waals surface area (Å²) in [6, 6.07) is 0. The second kappa shape index (κ2) is 8.04. The van der Waals surface area contributed by atoms with Gasteiger partial charge in [-0.25, -0.2) is 0 Å². The first-order valence-corrected chi connectivity index (χ1v) is 3.77. The Morgan fingerprint density at radius 1 is 1.25 bits per heavy atom. The van der Waals surface area contributed by atoms with Gasteiger partial charge in [0.25, 0.3) is 5.97 Å². The van der Waals surface area contributed by atoms with Crippen molar-refractivity contribution in [3.05, 3.63) is 0 Å². The van der Waals surface area contributed by atoms with Crippen LogP contribution in [0.1, 0.15) is 33.6 Å². The second-order valence-corrected chi connectivity index (χ2v) is 2.85. The Labute approximate surface area is 72.2 Å². The molecule has 0 fully saturated rings. The van der Waals surface area contributed by atoms with E-state index in [9.17, 15) is 4.79 Å². The highest BCUT2D eigenvalue weighted by Crippen LogP contribution is 2.01. The van der Waals surface area contributed by atoms with E-state index in [0.29, 0.717) is 12.3 Å². The fourth-order valence-electron chi connectivity index (χ4n) is 0.412. The minimum atomic E-state index is -0.833. The zero-order chi connectivity index (χ0) is 10.1. The van der Waals surface area contributed by atoms with Crippen molar-refractivity contribution >= 4 is 11.9 Å². The Morgan fingerprint density at radius 2 is 1.58 bits per heavy atom. The van der Waals surface area contributed by atoms with Crippen LogP contribution in [0.3, 0.4) is 0 Å². The lowest BCUT2D eigenvalue weighted by Crippen LogP contribution is -1.97.